The second-order valence-corrected chi connectivity index (χ2v) is 7.26. The van der Waals surface area contributed by atoms with Crippen molar-refractivity contribution >= 4 is 17.4 Å². The number of ether oxygens (including phenoxy) is 1. The molecule has 1 saturated carbocycles. The predicted molar refractivity (Wildman–Crippen MR) is 102 cm³/mol. The van der Waals surface area contributed by atoms with Crippen LogP contribution in [-0.2, 0) is 12.0 Å². The SMILES string of the molecule is COc1nc(N)c2c(n1)CCN(c1ccc(C3(O)CCCCC3)cc1)C2=O. The molecule has 1 amide bonds. The minimum absolute atomic E-state index is 0.139. The van der Waals surface area contributed by atoms with Crippen molar-refractivity contribution in [2.75, 3.05) is 24.3 Å². The number of carbonyl (C=O) groups is 1. The number of benzene rings is 1. The van der Waals surface area contributed by atoms with E-state index >= 15 is 0 Å². The monoisotopic (exact) mass is 368 g/mol. The Kier molecular flexibility index (Phi) is 4.47. The first-order valence-electron chi connectivity index (χ1n) is 9.37. The first-order chi connectivity index (χ1) is 13.0. The smallest absolute Gasteiger partial charge is 0.318 e. The van der Waals surface area contributed by atoms with Gasteiger partial charge in [-0.15, -0.1) is 0 Å². The van der Waals surface area contributed by atoms with Gasteiger partial charge in [-0.1, -0.05) is 31.4 Å². The number of aliphatic hydroxyl groups is 1. The molecule has 0 saturated heterocycles. The number of rotatable bonds is 3. The molecule has 1 aromatic heterocycles. The van der Waals surface area contributed by atoms with Crippen LogP contribution in [0.4, 0.5) is 11.5 Å². The predicted octanol–water partition coefficient (Wildman–Crippen LogP) is 2.42. The lowest BCUT2D eigenvalue weighted by Crippen LogP contribution is -2.39. The van der Waals surface area contributed by atoms with Crippen molar-refractivity contribution in [3.8, 4) is 6.01 Å². The van der Waals surface area contributed by atoms with Crippen molar-refractivity contribution in [3.63, 3.8) is 0 Å². The molecular weight excluding hydrogens is 344 g/mol. The molecule has 1 aliphatic heterocycles. The zero-order chi connectivity index (χ0) is 19.0. The highest BCUT2D eigenvalue weighted by Gasteiger charge is 2.33. The summed E-state index contributed by atoms with van der Waals surface area (Å²) in [5, 5.41) is 10.9. The summed E-state index contributed by atoms with van der Waals surface area (Å²) < 4.78 is 5.04. The maximum Gasteiger partial charge on any atom is 0.318 e. The molecule has 7 heteroatoms. The summed E-state index contributed by atoms with van der Waals surface area (Å²) in [7, 11) is 1.47. The van der Waals surface area contributed by atoms with Crippen molar-refractivity contribution in [1.29, 1.82) is 0 Å². The van der Waals surface area contributed by atoms with E-state index in [2.05, 4.69) is 9.97 Å². The molecule has 0 atom stereocenters. The minimum atomic E-state index is -0.746. The van der Waals surface area contributed by atoms with E-state index in [1.807, 2.05) is 24.3 Å². The fourth-order valence-corrected chi connectivity index (χ4v) is 4.09. The molecule has 3 N–H and O–H groups in total. The highest BCUT2D eigenvalue weighted by Crippen LogP contribution is 2.38. The highest BCUT2D eigenvalue weighted by molar-refractivity contribution is 6.10. The molecule has 7 nitrogen and oxygen atoms in total. The summed E-state index contributed by atoms with van der Waals surface area (Å²) in [6.45, 7) is 0.509. The van der Waals surface area contributed by atoms with Crippen LogP contribution in [0.25, 0.3) is 0 Å². The third-order valence-corrected chi connectivity index (χ3v) is 5.60. The van der Waals surface area contributed by atoms with E-state index in [9.17, 15) is 9.90 Å². The maximum atomic E-state index is 13.0. The van der Waals surface area contributed by atoms with Crippen LogP contribution >= 0.6 is 0 Å². The number of hydrogen-bond acceptors (Lipinski definition) is 6. The van der Waals surface area contributed by atoms with E-state index in [1.54, 1.807) is 4.90 Å². The Morgan fingerprint density at radius 3 is 2.52 bits per heavy atom. The lowest BCUT2D eigenvalue weighted by molar-refractivity contribution is -0.000612. The Hall–Kier alpha value is -2.67. The van der Waals surface area contributed by atoms with Gasteiger partial charge in [-0.25, -0.2) is 0 Å². The van der Waals surface area contributed by atoms with Gasteiger partial charge in [-0.05, 0) is 30.5 Å². The second-order valence-electron chi connectivity index (χ2n) is 7.26. The number of amides is 1. The van der Waals surface area contributed by atoms with Crippen LogP contribution in [0.5, 0.6) is 6.01 Å². The van der Waals surface area contributed by atoms with Gasteiger partial charge in [0.25, 0.3) is 5.91 Å². The van der Waals surface area contributed by atoms with Crippen molar-refractivity contribution in [2.45, 2.75) is 44.1 Å². The Bertz CT molecular complexity index is 860. The minimum Gasteiger partial charge on any atom is -0.467 e. The number of aromatic nitrogens is 2. The summed E-state index contributed by atoms with van der Waals surface area (Å²) in [6.07, 6.45) is 5.42. The molecular formula is C20H24N4O3. The van der Waals surface area contributed by atoms with E-state index in [4.69, 9.17) is 10.5 Å². The molecule has 2 aliphatic rings. The zero-order valence-corrected chi connectivity index (χ0v) is 15.4. The number of nitrogens with zero attached hydrogens (tertiary/aromatic N) is 3. The normalized spacial score (nSPS) is 18.9. The number of anilines is 2. The third kappa shape index (κ3) is 3.12. The van der Waals surface area contributed by atoms with E-state index in [-0.39, 0.29) is 17.7 Å². The van der Waals surface area contributed by atoms with Gasteiger partial charge in [0.05, 0.1) is 18.4 Å². The molecule has 1 aromatic carbocycles. The molecule has 0 bridgehead atoms. The van der Waals surface area contributed by atoms with Crippen LogP contribution in [-0.4, -0.2) is 34.6 Å². The molecule has 2 aromatic rings. The fourth-order valence-electron chi connectivity index (χ4n) is 4.09. The van der Waals surface area contributed by atoms with Gasteiger partial charge in [0.2, 0.25) is 0 Å². The number of nitrogen functional groups attached to an aromatic ring is 1. The number of fused-ring (bicyclic) bond motifs is 1. The van der Waals surface area contributed by atoms with Gasteiger partial charge in [-0.2, -0.15) is 9.97 Å². The second kappa shape index (κ2) is 6.81. The topological polar surface area (TPSA) is 102 Å². The molecule has 0 spiro atoms. The van der Waals surface area contributed by atoms with Crippen molar-refractivity contribution in [3.05, 3.63) is 41.1 Å². The Morgan fingerprint density at radius 2 is 1.85 bits per heavy atom. The summed E-state index contributed by atoms with van der Waals surface area (Å²) in [5.74, 6) is -0.0692. The largest absolute Gasteiger partial charge is 0.467 e. The van der Waals surface area contributed by atoms with Gasteiger partial charge in [0.15, 0.2) is 0 Å². The Balaban J connectivity index is 1.60. The molecule has 0 unspecified atom stereocenters. The van der Waals surface area contributed by atoms with Gasteiger partial charge in [0.1, 0.15) is 11.4 Å². The van der Waals surface area contributed by atoms with Gasteiger partial charge < -0.3 is 20.5 Å². The van der Waals surface area contributed by atoms with E-state index in [0.717, 1.165) is 36.9 Å². The zero-order valence-electron chi connectivity index (χ0n) is 15.4. The first-order valence-corrected chi connectivity index (χ1v) is 9.37. The van der Waals surface area contributed by atoms with Crippen LogP contribution in [0, 0.1) is 0 Å². The van der Waals surface area contributed by atoms with Crippen LogP contribution in [0.3, 0.4) is 0 Å². The average Bonchev–Trinajstić information content (AvgIpc) is 2.68. The van der Waals surface area contributed by atoms with Crippen LogP contribution in [0.2, 0.25) is 0 Å². The number of nitrogens with two attached hydrogens (primary N) is 1. The van der Waals surface area contributed by atoms with Gasteiger partial charge in [-0.3, -0.25) is 4.79 Å². The van der Waals surface area contributed by atoms with Crippen LogP contribution in [0.1, 0.15) is 53.7 Å². The number of hydrogen-bond donors (Lipinski definition) is 2. The first kappa shape index (κ1) is 17.7. The Labute approximate surface area is 158 Å². The van der Waals surface area contributed by atoms with Crippen molar-refractivity contribution in [2.24, 2.45) is 0 Å². The maximum absolute atomic E-state index is 13.0. The lowest BCUT2D eigenvalue weighted by atomic mass is 9.80. The molecule has 4 rings (SSSR count). The van der Waals surface area contributed by atoms with Gasteiger partial charge >= 0.3 is 6.01 Å². The Morgan fingerprint density at radius 1 is 1.15 bits per heavy atom. The number of methoxy groups -OCH3 is 1. The van der Waals surface area contributed by atoms with Gasteiger partial charge in [0, 0.05) is 18.7 Å². The van der Waals surface area contributed by atoms with Crippen LogP contribution in [0.15, 0.2) is 24.3 Å². The average molecular weight is 368 g/mol. The summed E-state index contributed by atoms with van der Waals surface area (Å²) in [5.41, 5.74) is 7.89. The molecule has 27 heavy (non-hydrogen) atoms. The van der Waals surface area contributed by atoms with E-state index in [0.29, 0.717) is 24.2 Å². The lowest BCUT2D eigenvalue weighted by Gasteiger charge is -2.33. The molecule has 2 heterocycles. The molecule has 0 radical (unpaired) electrons. The van der Waals surface area contributed by atoms with E-state index in [1.165, 1.54) is 13.5 Å². The third-order valence-electron chi connectivity index (χ3n) is 5.60. The molecule has 1 aliphatic carbocycles. The van der Waals surface area contributed by atoms with Crippen LogP contribution < -0.4 is 15.4 Å². The fraction of sp³-hybridized carbons (Fsp3) is 0.450. The standard InChI is InChI=1S/C20H24N4O3/c1-27-19-22-15-9-12-24(18(25)16(15)17(21)23-19)14-7-5-13(6-8-14)20(26)10-3-2-4-11-20/h5-8,26H,2-4,9-12H2,1H3,(H2,21,22,23). The summed E-state index contributed by atoms with van der Waals surface area (Å²) >= 11 is 0. The highest BCUT2D eigenvalue weighted by atomic mass is 16.5. The summed E-state index contributed by atoms with van der Waals surface area (Å²) in [4.78, 5) is 22.9. The van der Waals surface area contributed by atoms with Crippen molar-refractivity contribution < 1.29 is 14.6 Å². The molecule has 1 fully saturated rings. The van der Waals surface area contributed by atoms with Crippen molar-refractivity contribution in [1.82, 2.24) is 9.97 Å². The van der Waals surface area contributed by atoms with E-state index < -0.39 is 5.60 Å². The number of carbonyl (C=O) groups excluding carboxylic acids is 1. The quantitative estimate of drug-likeness (QED) is 0.863. The summed E-state index contributed by atoms with van der Waals surface area (Å²) in [6, 6.07) is 7.82. The molecule has 142 valence electrons.